The minimum Gasteiger partial charge on any atom is -0.357 e. The fourth-order valence-electron chi connectivity index (χ4n) is 2.56. The van der Waals surface area contributed by atoms with Gasteiger partial charge >= 0.3 is 0 Å². The van der Waals surface area contributed by atoms with E-state index < -0.39 is 6.04 Å². The van der Waals surface area contributed by atoms with E-state index >= 15 is 0 Å². The molecule has 2 amide bonds. The summed E-state index contributed by atoms with van der Waals surface area (Å²) in [5, 5.41) is 3.30. The smallest absolute Gasteiger partial charge is 0.247 e. The lowest BCUT2D eigenvalue weighted by atomic mass is 10.0. The summed E-state index contributed by atoms with van der Waals surface area (Å²) >= 11 is 5.92. The van der Waals surface area contributed by atoms with Crippen LogP contribution in [0.3, 0.4) is 0 Å². The topological polar surface area (TPSA) is 49.4 Å². The van der Waals surface area contributed by atoms with Crippen molar-refractivity contribution >= 4 is 23.4 Å². The quantitative estimate of drug-likeness (QED) is 0.871. The second-order valence-electron chi connectivity index (χ2n) is 5.43. The summed E-state index contributed by atoms with van der Waals surface area (Å²) in [5.74, 6) is -0.292. The maximum Gasteiger partial charge on any atom is 0.247 e. The van der Waals surface area contributed by atoms with E-state index in [1.165, 1.54) is 0 Å². The molecule has 0 spiro atoms. The lowest BCUT2D eigenvalue weighted by Gasteiger charge is -2.31. The molecule has 0 radical (unpaired) electrons. The van der Waals surface area contributed by atoms with Crippen LogP contribution in [0.2, 0.25) is 5.02 Å². The van der Waals surface area contributed by atoms with E-state index in [2.05, 4.69) is 5.32 Å². The molecule has 0 bridgehead atoms. The lowest BCUT2D eigenvalue weighted by molar-refractivity contribution is -0.141. The zero-order valence-corrected chi connectivity index (χ0v) is 14.6. The maximum atomic E-state index is 12.5. The molecule has 24 heavy (non-hydrogen) atoms. The highest BCUT2D eigenvalue weighted by Crippen LogP contribution is 2.24. The van der Waals surface area contributed by atoms with Gasteiger partial charge in [0.05, 0.1) is 0 Å². The Morgan fingerprint density at radius 1 is 1.08 bits per heavy atom. The molecule has 2 rings (SSSR count). The number of hydrogen-bond acceptors (Lipinski definition) is 2. The van der Waals surface area contributed by atoms with Gasteiger partial charge in [-0.25, -0.2) is 0 Å². The van der Waals surface area contributed by atoms with Crippen LogP contribution in [0.25, 0.3) is 0 Å². The van der Waals surface area contributed by atoms with Gasteiger partial charge < -0.3 is 10.2 Å². The fraction of sp³-hybridized carbons (Fsp3) is 0.263. The molecule has 0 aliphatic heterocycles. The van der Waals surface area contributed by atoms with E-state index in [4.69, 9.17) is 11.6 Å². The van der Waals surface area contributed by atoms with Crippen LogP contribution >= 0.6 is 11.6 Å². The molecule has 0 heterocycles. The third-order valence-electron chi connectivity index (χ3n) is 3.81. The predicted molar refractivity (Wildman–Crippen MR) is 95.5 cm³/mol. The number of amides is 2. The number of halogens is 1. The van der Waals surface area contributed by atoms with Gasteiger partial charge in [0.2, 0.25) is 11.8 Å². The molecule has 4 nitrogen and oxygen atoms in total. The predicted octanol–water partition coefficient (Wildman–Crippen LogP) is 3.57. The number of nitrogens with one attached hydrogen (secondary N) is 1. The average molecular weight is 345 g/mol. The Kier molecular flexibility index (Phi) is 6.38. The van der Waals surface area contributed by atoms with E-state index in [1.807, 2.05) is 42.5 Å². The van der Waals surface area contributed by atoms with Crippen molar-refractivity contribution < 1.29 is 9.59 Å². The van der Waals surface area contributed by atoms with Gasteiger partial charge in [0, 0.05) is 25.0 Å². The Bertz CT molecular complexity index is 686. The van der Waals surface area contributed by atoms with Crippen molar-refractivity contribution in [2.75, 3.05) is 7.05 Å². The third kappa shape index (κ3) is 4.36. The van der Waals surface area contributed by atoms with Gasteiger partial charge in [-0.2, -0.15) is 0 Å². The average Bonchev–Trinajstić information content (AvgIpc) is 2.62. The zero-order valence-electron chi connectivity index (χ0n) is 13.8. The molecule has 0 saturated carbocycles. The number of benzene rings is 2. The highest BCUT2D eigenvalue weighted by atomic mass is 35.5. The number of carbonyl (C=O) groups excluding carboxylic acids is 2. The first-order chi connectivity index (χ1) is 11.6. The van der Waals surface area contributed by atoms with Gasteiger partial charge in [0.1, 0.15) is 6.04 Å². The van der Waals surface area contributed by atoms with Crippen molar-refractivity contribution in [2.24, 2.45) is 0 Å². The molecule has 5 heteroatoms. The van der Waals surface area contributed by atoms with Crippen molar-refractivity contribution in [3.63, 3.8) is 0 Å². The Balaban J connectivity index is 2.40. The molecule has 2 aromatic carbocycles. The summed E-state index contributed by atoms with van der Waals surface area (Å²) in [7, 11) is 1.58. The highest BCUT2D eigenvalue weighted by molar-refractivity contribution is 6.30. The minimum absolute atomic E-state index is 0.0811. The van der Waals surface area contributed by atoms with Crippen LogP contribution in [0.5, 0.6) is 0 Å². The van der Waals surface area contributed by atoms with Gasteiger partial charge in [0.15, 0.2) is 0 Å². The van der Waals surface area contributed by atoms with Crippen molar-refractivity contribution in [1.29, 1.82) is 0 Å². The number of nitrogens with zero attached hydrogens (tertiary/aromatic N) is 1. The number of likely N-dealkylation sites (N-methyl/N-ethyl adjacent to an activating group) is 1. The molecule has 126 valence electrons. The standard InChI is InChI=1S/C19H21ClN2O2/c1-3-17(23)22(13-14-9-11-16(20)12-10-14)18(19(24)21-2)15-7-5-4-6-8-15/h4-12,18H,3,13H2,1-2H3,(H,21,24)/t18-/m0/s1. The molecule has 2 aromatic rings. The van der Waals surface area contributed by atoms with Crippen LogP contribution in [-0.4, -0.2) is 23.8 Å². The van der Waals surface area contributed by atoms with E-state index in [9.17, 15) is 9.59 Å². The normalized spacial score (nSPS) is 11.6. The van der Waals surface area contributed by atoms with Crippen LogP contribution < -0.4 is 5.32 Å². The number of rotatable bonds is 6. The Morgan fingerprint density at radius 2 is 1.71 bits per heavy atom. The molecule has 0 aliphatic rings. The summed E-state index contributed by atoms with van der Waals surface area (Å²) in [6.07, 6.45) is 0.327. The fourth-order valence-corrected chi connectivity index (χ4v) is 2.68. The van der Waals surface area contributed by atoms with Crippen LogP contribution in [0.15, 0.2) is 54.6 Å². The summed E-state index contributed by atoms with van der Waals surface area (Å²) in [6, 6.07) is 16.0. The third-order valence-corrected chi connectivity index (χ3v) is 4.06. The van der Waals surface area contributed by atoms with Gasteiger partial charge in [0.25, 0.3) is 0 Å². The first-order valence-corrected chi connectivity index (χ1v) is 8.25. The molecular formula is C19H21ClN2O2. The van der Waals surface area contributed by atoms with Gasteiger partial charge in [-0.1, -0.05) is 61.0 Å². The zero-order chi connectivity index (χ0) is 17.5. The molecule has 0 aromatic heterocycles. The highest BCUT2D eigenvalue weighted by Gasteiger charge is 2.29. The van der Waals surface area contributed by atoms with Crippen LogP contribution in [0.1, 0.15) is 30.5 Å². The Labute approximate surface area is 147 Å². The first kappa shape index (κ1) is 18.0. The second kappa shape index (κ2) is 8.50. The first-order valence-electron chi connectivity index (χ1n) is 7.87. The summed E-state index contributed by atoms with van der Waals surface area (Å²) < 4.78 is 0. The van der Waals surface area contributed by atoms with Gasteiger partial charge in [-0.15, -0.1) is 0 Å². The summed E-state index contributed by atoms with van der Waals surface area (Å²) in [5.41, 5.74) is 1.71. The summed E-state index contributed by atoms with van der Waals surface area (Å²) in [4.78, 5) is 26.6. The molecule has 1 N–H and O–H groups in total. The van der Waals surface area contributed by atoms with Crippen LogP contribution in [0.4, 0.5) is 0 Å². The van der Waals surface area contributed by atoms with E-state index in [0.717, 1.165) is 11.1 Å². The van der Waals surface area contributed by atoms with E-state index in [1.54, 1.807) is 31.0 Å². The van der Waals surface area contributed by atoms with Crippen LogP contribution in [0, 0.1) is 0 Å². The Hall–Kier alpha value is -2.33. The van der Waals surface area contributed by atoms with E-state index in [-0.39, 0.29) is 11.8 Å². The van der Waals surface area contributed by atoms with Crippen LogP contribution in [-0.2, 0) is 16.1 Å². The SMILES string of the molecule is CCC(=O)N(Cc1ccc(Cl)cc1)[C@H](C(=O)NC)c1ccccc1. The largest absolute Gasteiger partial charge is 0.357 e. The molecule has 0 unspecified atom stereocenters. The van der Waals surface area contributed by atoms with Gasteiger partial charge in [-0.05, 0) is 23.3 Å². The molecule has 1 atom stereocenters. The Morgan fingerprint density at radius 3 is 2.25 bits per heavy atom. The lowest BCUT2D eigenvalue weighted by Crippen LogP contribution is -2.42. The second-order valence-corrected chi connectivity index (χ2v) is 5.87. The molecular weight excluding hydrogens is 324 g/mol. The van der Waals surface area contributed by atoms with Crippen molar-refractivity contribution in [3.8, 4) is 0 Å². The summed E-state index contributed by atoms with van der Waals surface area (Å²) in [6.45, 7) is 2.14. The van der Waals surface area contributed by atoms with Crippen molar-refractivity contribution in [1.82, 2.24) is 10.2 Å². The van der Waals surface area contributed by atoms with Gasteiger partial charge in [-0.3, -0.25) is 9.59 Å². The molecule has 0 saturated heterocycles. The van der Waals surface area contributed by atoms with E-state index in [0.29, 0.717) is 18.0 Å². The van der Waals surface area contributed by atoms with Crippen molar-refractivity contribution in [3.05, 3.63) is 70.7 Å². The minimum atomic E-state index is -0.667. The number of hydrogen-bond donors (Lipinski definition) is 1. The molecule has 0 aliphatic carbocycles. The number of carbonyl (C=O) groups is 2. The van der Waals surface area contributed by atoms with Crippen molar-refractivity contribution in [2.45, 2.75) is 25.9 Å². The maximum absolute atomic E-state index is 12.5. The monoisotopic (exact) mass is 344 g/mol. The molecule has 0 fully saturated rings.